The summed E-state index contributed by atoms with van der Waals surface area (Å²) in [5.41, 5.74) is 3.06. The molecule has 5 nitrogen and oxygen atoms in total. The van der Waals surface area contributed by atoms with Crippen LogP contribution < -0.4 is 0 Å². The van der Waals surface area contributed by atoms with Crippen LogP contribution in [0.4, 0.5) is 0 Å². The fraction of sp³-hybridized carbons (Fsp3) is 0.235. The lowest BCUT2D eigenvalue weighted by Crippen LogP contribution is -2.31. The van der Waals surface area contributed by atoms with Crippen molar-refractivity contribution in [1.82, 2.24) is 19.9 Å². The number of fused-ring (bicyclic) bond motifs is 1. The van der Waals surface area contributed by atoms with E-state index in [2.05, 4.69) is 15.0 Å². The summed E-state index contributed by atoms with van der Waals surface area (Å²) in [7, 11) is 0. The second kappa shape index (κ2) is 5.26. The molecule has 1 aliphatic heterocycles. The van der Waals surface area contributed by atoms with Gasteiger partial charge in [-0.1, -0.05) is 12.1 Å². The monoisotopic (exact) mass is 292 g/mol. The van der Waals surface area contributed by atoms with Gasteiger partial charge in [0, 0.05) is 18.4 Å². The van der Waals surface area contributed by atoms with Crippen LogP contribution in [-0.4, -0.2) is 32.3 Å². The van der Waals surface area contributed by atoms with Gasteiger partial charge in [0.25, 0.3) is 5.91 Å². The lowest BCUT2D eigenvalue weighted by atomic mass is 10.1. The Morgan fingerprint density at radius 1 is 1.18 bits per heavy atom. The molecule has 5 heteroatoms. The maximum Gasteiger partial charge on any atom is 0.274 e. The molecule has 0 aliphatic carbocycles. The lowest BCUT2D eigenvalue weighted by molar-refractivity contribution is 0.0727. The van der Waals surface area contributed by atoms with Crippen molar-refractivity contribution in [2.24, 2.45) is 0 Å². The first-order valence-corrected chi connectivity index (χ1v) is 7.49. The van der Waals surface area contributed by atoms with Gasteiger partial charge in [-0.25, -0.2) is 4.98 Å². The summed E-state index contributed by atoms with van der Waals surface area (Å²) in [6.07, 6.45) is 5.46. The van der Waals surface area contributed by atoms with E-state index in [4.69, 9.17) is 0 Å². The topological polar surface area (TPSA) is 61.9 Å². The molecule has 4 rings (SSSR count). The number of nitrogens with zero attached hydrogens (tertiary/aromatic N) is 3. The molecule has 1 amide bonds. The minimum Gasteiger partial charge on any atom is -0.363 e. The predicted octanol–water partition coefficient (Wildman–Crippen LogP) is 2.94. The normalized spacial score (nSPS) is 18.0. The van der Waals surface area contributed by atoms with Crippen molar-refractivity contribution in [3.05, 3.63) is 60.2 Å². The SMILES string of the molecule is O=C(c1cnc2ccccc2n1)N1CCC[C@H]1c1ccc[nH]1. The van der Waals surface area contributed by atoms with Gasteiger partial charge in [-0.15, -0.1) is 0 Å². The molecule has 110 valence electrons. The molecule has 0 radical (unpaired) electrons. The Morgan fingerprint density at radius 2 is 2.05 bits per heavy atom. The summed E-state index contributed by atoms with van der Waals surface area (Å²) >= 11 is 0. The molecule has 3 aromatic rings. The Balaban J connectivity index is 1.67. The molecule has 1 atom stereocenters. The number of H-pyrrole nitrogens is 1. The van der Waals surface area contributed by atoms with Gasteiger partial charge in [-0.05, 0) is 37.1 Å². The van der Waals surface area contributed by atoms with Crippen molar-refractivity contribution < 1.29 is 4.79 Å². The number of nitrogens with one attached hydrogen (secondary N) is 1. The zero-order valence-electron chi connectivity index (χ0n) is 12.1. The van der Waals surface area contributed by atoms with Gasteiger partial charge in [0.05, 0.1) is 23.3 Å². The van der Waals surface area contributed by atoms with Gasteiger partial charge in [0.15, 0.2) is 0 Å². The van der Waals surface area contributed by atoms with Crippen LogP contribution in [0.25, 0.3) is 11.0 Å². The van der Waals surface area contributed by atoms with E-state index in [1.54, 1.807) is 6.20 Å². The highest BCUT2D eigenvalue weighted by Crippen LogP contribution is 2.31. The average Bonchev–Trinajstić information content (AvgIpc) is 3.24. The van der Waals surface area contributed by atoms with E-state index in [0.29, 0.717) is 5.69 Å². The average molecular weight is 292 g/mol. The maximum absolute atomic E-state index is 12.8. The van der Waals surface area contributed by atoms with Crippen LogP contribution in [0.1, 0.15) is 35.1 Å². The Labute approximate surface area is 128 Å². The molecular weight excluding hydrogens is 276 g/mol. The lowest BCUT2D eigenvalue weighted by Gasteiger charge is -2.23. The van der Waals surface area contributed by atoms with Crippen LogP contribution >= 0.6 is 0 Å². The minimum atomic E-state index is -0.0460. The number of carbonyl (C=O) groups is 1. The maximum atomic E-state index is 12.8. The van der Waals surface area contributed by atoms with Gasteiger partial charge in [-0.3, -0.25) is 9.78 Å². The predicted molar refractivity (Wildman–Crippen MR) is 83.3 cm³/mol. The second-order valence-corrected chi connectivity index (χ2v) is 5.53. The molecule has 0 unspecified atom stereocenters. The molecule has 0 bridgehead atoms. The quantitative estimate of drug-likeness (QED) is 0.790. The summed E-state index contributed by atoms with van der Waals surface area (Å²) in [5.74, 6) is -0.0460. The molecule has 22 heavy (non-hydrogen) atoms. The second-order valence-electron chi connectivity index (χ2n) is 5.53. The van der Waals surface area contributed by atoms with E-state index in [1.165, 1.54) is 0 Å². The molecule has 2 aromatic heterocycles. The number of amides is 1. The zero-order chi connectivity index (χ0) is 14.9. The van der Waals surface area contributed by atoms with Crippen molar-refractivity contribution in [1.29, 1.82) is 0 Å². The summed E-state index contributed by atoms with van der Waals surface area (Å²) in [5, 5.41) is 0. The number of aromatic nitrogens is 3. The van der Waals surface area contributed by atoms with Crippen LogP contribution in [-0.2, 0) is 0 Å². The molecule has 0 spiro atoms. The fourth-order valence-electron chi connectivity index (χ4n) is 3.09. The Morgan fingerprint density at radius 3 is 2.86 bits per heavy atom. The minimum absolute atomic E-state index is 0.0460. The number of para-hydroxylation sites is 2. The largest absolute Gasteiger partial charge is 0.363 e. The highest BCUT2D eigenvalue weighted by Gasteiger charge is 2.31. The third-order valence-electron chi connectivity index (χ3n) is 4.16. The highest BCUT2D eigenvalue weighted by atomic mass is 16.2. The smallest absolute Gasteiger partial charge is 0.274 e. The van der Waals surface area contributed by atoms with E-state index in [1.807, 2.05) is 47.5 Å². The molecular formula is C17H16N4O. The zero-order valence-corrected chi connectivity index (χ0v) is 12.1. The van der Waals surface area contributed by atoms with Crippen molar-refractivity contribution in [3.8, 4) is 0 Å². The van der Waals surface area contributed by atoms with E-state index in [-0.39, 0.29) is 11.9 Å². The number of hydrogen-bond donors (Lipinski definition) is 1. The number of hydrogen-bond acceptors (Lipinski definition) is 3. The first kappa shape index (κ1) is 13.0. The number of rotatable bonds is 2. The molecule has 0 saturated carbocycles. The van der Waals surface area contributed by atoms with Crippen LogP contribution in [0, 0.1) is 0 Å². The molecule has 1 N–H and O–H groups in total. The van der Waals surface area contributed by atoms with Crippen molar-refractivity contribution in [2.45, 2.75) is 18.9 Å². The van der Waals surface area contributed by atoms with Crippen LogP contribution in [0.15, 0.2) is 48.8 Å². The first-order valence-electron chi connectivity index (χ1n) is 7.49. The molecule has 1 fully saturated rings. The van der Waals surface area contributed by atoms with Crippen molar-refractivity contribution in [2.75, 3.05) is 6.54 Å². The van der Waals surface area contributed by atoms with E-state index in [0.717, 1.165) is 36.1 Å². The number of benzene rings is 1. The summed E-state index contributed by atoms with van der Waals surface area (Å²) in [6.45, 7) is 0.761. The van der Waals surface area contributed by atoms with Gasteiger partial charge in [0.2, 0.25) is 0 Å². The Bertz CT molecular complexity index is 812. The van der Waals surface area contributed by atoms with Crippen LogP contribution in [0.2, 0.25) is 0 Å². The Hall–Kier alpha value is -2.69. The van der Waals surface area contributed by atoms with Gasteiger partial charge >= 0.3 is 0 Å². The van der Waals surface area contributed by atoms with Gasteiger partial charge < -0.3 is 9.88 Å². The van der Waals surface area contributed by atoms with Crippen LogP contribution in [0.5, 0.6) is 0 Å². The van der Waals surface area contributed by atoms with Gasteiger partial charge in [-0.2, -0.15) is 0 Å². The highest BCUT2D eigenvalue weighted by molar-refractivity contribution is 5.94. The van der Waals surface area contributed by atoms with E-state index in [9.17, 15) is 4.79 Å². The number of likely N-dealkylation sites (tertiary alicyclic amines) is 1. The summed E-state index contributed by atoms with van der Waals surface area (Å²) < 4.78 is 0. The standard InChI is InChI=1S/C17H16N4O/c22-17(15-11-19-12-5-1-2-6-13(12)20-15)21-10-4-8-16(21)14-7-3-9-18-14/h1-3,5-7,9,11,16,18H,4,8,10H2/t16-/m0/s1. The van der Waals surface area contributed by atoms with E-state index < -0.39 is 0 Å². The fourth-order valence-corrected chi connectivity index (χ4v) is 3.09. The van der Waals surface area contributed by atoms with Crippen molar-refractivity contribution >= 4 is 16.9 Å². The number of carbonyl (C=O) groups excluding carboxylic acids is 1. The molecule has 1 aliphatic rings. The summed E-state index contributed by atoms with van der Waals surface area (Å²) in [4.78, 5) is 26.7. The van der Waals surface area contributed by atoms with Crippen molar-refractivity contribution in [3.63, 3.8) is 0 Å². The van der Waals surface area contributed by atoms with Crippen LogP contribution in [0.3, 0.4) is 0 Å². The van der Waals surface area contributed by atoms with E-state index >= 15 is 0 Å². The number of aromatic amines is 1. The molecule has 1 saturated heterocycles. The molecule has 3 heterocycles. The third kappa shape index (κ3) is 2.15. The molecule has 1 aromatic carbocycles. The Kier molecular flexibility index (Phi) is 3.11. The third-order valence-corrected chi connectivity index (χ3v) is 4.16. The first-order chi connectivity index (χ1) is 10.8. The van der Waals surface area contributed by atoms with Gasteiger partial charge in [0.1, 0.15) is 5.69 Å². The summed E-state index contributed by atoms with van der Waals surface area (Å²) in [6, 6.07) is 11.7.